The third-order valence-corrected chi connectivity index (χ3v) is 4.63. The van der Waals surface area contributed by atoms with Gasteiger partial charge in [0.25, 0.3) is 0 Å². The minimum Gasteiger partial charge on any atom is -0.438 e. The van der Waals surface area contributed by atoms with Crippen molar-refractivity contribution in [1.82, 2.24) is 15.2 Å². The molecule has 0 saturated heterocycles. The predicted octanol–water partition coefficient (Wildman–Crippen LogP) is 4.46. The summed E-state index contributed by atoms with van der Waals surface area (Å²) in [6.45, 7) is 2.90. The topological polar surface area (TPSA) is 59.9 Å². The molecule has 0 aliphatic heterocycles. The fourth-order valence-electron chi connectivity index (χ4n) is 3.40. The molecular weight excluding hydrogens is 324 g/mol. The van der Waals surface area contributed by atoms with E-state index in [-0.39, 0.29) is 0 Å². The first-order valence-electron chi connectivity index (χ1n) is 9.06. The molecule has 1 N–H and O–H groups in total. The molecule has 3 aromatic rings. The van der Waals surface area contributed by atoms with Gasteiger partial charge in [0.15, 0.2) is 0 Å². The van der Waals surface area contributed by atoms with E-state index in [1.165, 1.54) is 29.7 Å². The standard InChI is InChI=1S/C21H22N4O/c1-15-13-16(19-5-2-3-6-20(19)24-15)14-22-17-8-10-18(11-9-17)26-21-7-4-12-23-25-21/h4,7-13,22H,2-3,5-6,14H2,1H3. The fraction of sp³-hybridized carbons (Fsp3) is 0.286. The minimum atomic E-state index is 0.493. The van der Waals surface area contributed by atoms with E-state index >= 15 is 0 Å². The molecule has 1 aliphatic rings. The van der Waals surface area contributed by atoms with Crippen LogP contribution in [0.2, 0.25) is 0 Å². The van der Waals surface area contributed by atoms with Gasteiger partial charge in [-0.3, -0.25) is 4.98 Å². The van der Waals surface area contributed by atoms with Gasteiger partial charge >= 0.3 is 0 Å². The monoisotopic (exact) mass is 346 g/mol. The van der Waals surface area contributed by atoms with Gasteiger partial charge in [-0.05, 0) is 80.1 Å². The number of anilines is 1. The van der Waals surface area contributed by atoms with Crippen molar-refractivity contribution in [3.8, 4) is 11.6 Å². The van der Waals surface area contributed by atoms with Crippen LogP contribution in [-0.2, 0) is 19.4 Å². The summed E-state index contributed by atoms with van der Waals surface area (Å²) in [7, 11) is 0. The van der Waals surface area contributed by atoms with Crippen LogP contribution in [0.1, 0.15) is 35.4 Å². The van der Waals surface area contributed by atoms with Crippen LogP contribution in [0.15, 0.2) is 48.7 Å². The van der Waals surface area contributed by atoms with Crippen molar-refractivity contribution >= 4 is 5.69 Å². The SMILES string of the molecule is Cc1cc(CNc2ccc(Oc3cccnn3)cc2)c2c(n1)CCCC2. The number of nitrogens with zero attached hydrogens (tertiary/aromatic N) is 3. The predicted molar refractivity (Wildman–Crippen MR) is 101 cm³/mol. The first-order chi connectivity index (χ1) is 12.8. The molecule has 0 unspecified atom stereocenters. The minimum absolute atomic E-state index is 0.493. The summed E-state index contributed by atoms with van der Waals surface area (Å²) in [6, 6.07) is 13.7. The smallest absolute Gasteiger partial charge is 0.238 e. The zero-order chi connectivity index (χ0) is 17.8. The van der Waals surface area contributed by atoms with E-state index in [0.29, 0.717) is 5.88 Å². The molecule has 2 heterocycles. The Hall–Kier alpha value is -2.95. The molecule has 0 bridgehead atoms. The molecule has 0 amide bonds. The van der Waals surface area contributed by atoms with Crippen molar-refractivity contribution in [2.45, 2.75) is 39.2 Å². The second-order valence-electron chi connectivity index (χ2n) is 6.60. The number of benzene rings is 1. The Morgan fingerprint density at radius 2 is 1.92 bits per heavy atom. The first-order valence-corrected chi connectivity index (χ1v) is 9.06. The molecule has 0 saturated carbocycles. The van der Waals surface area contributed by atoms with Gasteiger partial charge in [-0.2, -0.15) is 5.10 Å². The van der Waals surface area contributed by atoms with Gasteiger partial charge in [0.2, 0.25) is 5.88 Å². The van der Waals surface area contributed by atoms with E-state index in [1.54, 1.807) is 18.3 Å². The largest absolute Gasteiger partial charge is 0.438 e. The number of pyridine rings is 1. The summed E-state index contributed by atoms with van der Waals surface area (Å²) in [4.78, 5) is 4.73. The van der Waals surface area contributed by atoms with Crippen LogP contribution in [0.5, 0.6) is 11.6 Å². The highest BCUT2D eigenvalue weighted by Crippen LogP contribution is 2.25. The molecule has 4 rings (SSSR count). The molecule has 26 heavy (non-hydrogen) atoms. The van der Waals surface area contributed by atoms with Gasteiger partial charge in [0, 0.05) is 35.9 Å². The lowest BCUT2D eigenvalue weighted by Crippen LogP contribution is -2.12. The Kier molecular flexibility index (Phi) is 4.78. The van der Waals surface area contributed by atoms with Crippen LogP contribution in [0.4, 0.5) is 5.69 Å². The maximum absolute atomic E-state index is 5.68. The maximum atomic E-state index is 5.68. The van der Waals surface area contributed by atoms with Crippen molar-refractivity contribution in [1.29, 1.82) is 0 Å². The van der Waals surface area contributed by atoms with Gasteiger partial charge in [0.05, 0.1) is 0 Å². The number of hydrogen-bond donors (Lipinski definition) is 1. The van der Waals surface area contributed by atoms with Crippen molar-refractivity contribution in [2.75, 3.05) is 5.32 Å². The van der Waals surface area contributed by atoms with Crippen molar-refractivity contribution in [3.05, 3.63) is 71.2 Å². The number of aromatic nitrogens is 3. The second-order valence-corrected chi connectivity index (χ2v) is 6.60. The van der Waals surface area contributed by atoms with Gasteiger partial charge in [-0.15, -0.1) is 5.10 Å². The van der Waals surface area contributed by atoms with E-state index in [1.807, 2.05) is 24.3 Å². The maximum Gasteiger partial charge on any atom is 0.238 e. The van der Waals surface area contributed by atoms with Crippen LogP contribution < -0.4 is 10.1 Å². The van der Waals surface area contributed by atoms with Crippen molar-refractivity contribution in [3.63, 3.8) is 0 Å². The molecule has 2 aromatic heterocycles. The highest BCUT2D eigenvalue weighted by molar-refractivity contribution is 5.48. The van der Waals surface area contributed by atoms with Crippen LogP contribution in [0.25, 0.3) is 0 Å². The number of nitrogens with one attached hydrogen (secondary N) is 1. The molecule has 0 spiro atoms. The molecule has 5 nitrogen and oxygen atoms in total. The fourth-order valence-corrected chi connectivity index (χ4v) is 3.40. The summed E-state index contributed by atoms with van der Waals surface area (Å²) in [5.41, 5.74) is 6.27. The highest BCUT2D eigenvalue weighted by atomic mass is 16.5. The van der Waals surface area contributed by atoms with Gasteiger partial charge < -0.3 is 10.1 Å². The average Bonchev–Trinajstić information content (AvgIpc) is 2.68. The molecular formula is C21H22N4O. The second kappa shape index (κ2) is 7.52. The van der Waals surface area contributed by atoms with Crippen LogP contribution in [-0.4, -0.2) is 15.2 Å². The Balaban J connectivity index is 1.43. The van der Waals surface area contributed by atoms with Crippen molar-refractivity contribution in [2.24, 2.45) is 0 Å². The van der Waals surface area contributed by atoms with E-state index in [2.05, 4.69) is 28.5 Å². The summed E-state index contributed by atoms with van der Waals surface area (Å²) in [5, 5.41) is 11.3. The van der Waals surface area contributed by atoms with Gasteiger partial charge in [-0.1, -0.05) is 0 Å². The first kappa shape index (κ1) is 16.5. The van der Waals surface area contributed by atoms with Crippen LogP contribution >= 0.6 is 0 Å². The lowest BCUT2D eigenvalue weighted by Gasteiger charge is -2.20. The zero-order valence-corrected chi connectivity index (χ0v) is 14.9. The molecule has 0 atom stereocenters. The van der Waals surface area contributed by atoms with Crippen molar-refractivity contribution < 1.29 is 4.74 Å². The summed E-state index contributed by atoms with van der Waals surface area (Å²) < 4.78 is 5.68. The number of aryl methyl sites for hydroxylation is 2. The Labute approximate surface area is 153 Å². The third-order valence-electron chi connectivity index (χ3n) is 4.63. The summed E-state index contributed by atoms with van der Waals surface area (Å²) in [5.74, 6) is 1.24. The molecule has 1 aliphatic carbocycles. The molecule has 132 valence electrons. The molecule has 0 fully saturated rings. The lowest BCUT2D eigenvalue weighted by molar-refractivity contribution is 0.455. The van der Waals surface area contributed by atoms with Gasteiger partial charge in [-0.25, -0.2) is 0 Å². The van der Waals surface area contributed by atoms with E-state index in [0.717, 1.165) is 36.5 Å². The Bertz CT molecular complexity index is 879. The quantitative estimate of drug-likeness (QED) is 0.739. The summed E-state index contributed by atoms with van der Waals surface area (Å²) in [6.07, 6.45) is 6.39. The van der Waals surface area contributed by atoms with Crippen LogP contribution in [0.3, 0.4) is 0 Å². The highest BCUT2D eigenvalue weighted by Gasteiger charge is 2.15. The molecule has 5 heteroatoms. The Morgan fingerprint density at radius 3 is 2.73 bits per heavy atom. The van der Waals surface area contributed by atoms with Gasteiger partial charge in [0.1, 0.15) is 5.75 Å². The van der Waals surface area contributed by atoms with E-state index in [9.17, 15) is 0 Å². The summed E-state index contributed by atoms with van der Waals surface area (Å²) >= 11 is 0. The number of hydrogen-bond acceptors (Lipinski definition) is 5. The zero-order valence-electron chi connectivity index (χ0n) is 14.9. The normalized spacial score (nSPS) is 13.1. The van der Waals surface area contributed by atoms with E-state index in [4.69, 9.17) is 9.72 Å². The third kappa shape index (κ3) is 3.82. The average molecular weight is 346 g/mol. The molecule has 0 radical (unpaired) electrons. The number of rotatable bonds is 5. The Morgan fingerprint density at radius 1 is 1.08 bits per heavy atom. The molecule has 1 aromatic carbocycles. The number of fused-ring (bicyclic) bond motifs is 1. The van der Waals surface area contributed by atoms with E-state index < -0.39 is 0 Å². The van der Waals surface area contributed by atoms with Crippen LogP contribution in [0, 0.1) is 6.92 Å². The lowest BCUT2D eigenvalue weighted by atomic mass is 9.91. The number of ether oxygens (including phenoxy) is 1.